The predicted molar refractivity (Wildman–Crippen MR) is 122 cm³/mol. The number of para-hydroxylation sites is 1. The van der Waals surface area contributed by atoms with Gasteiger partial charge in [0.1, 0.15) is 0 Å². The fourth-order valence-electron chi connectivity index (χ4n) is 4.24. The van der Waals surface area contributed by atoms with E-state index in [1.54, 1.807) is 19.2 Å². The highest BCUT2D eigenvalue weighted by Gasteiger charge is 2.29. The fraction of sp³-hybridized carbons (Fsp3) is 0.261. The molecule has 3 heterocycles. The van der Waals surface area contributed by atoms with Gasteiger partial charge in [0.2, 0.25) is 5.95 Å². The van der Waals surface area contributed by atoms with E-state index in [1.807, 2.05) is 47.0 Å². The molecule has 0 saturated carbocycles. The van der Waals surface area contributed by atoms with E-state index in [-0.39, 0.29) is 17.8 Å². The largest absolute Gasteiger partial charge is 0.332 e. The molecule has 0 radical (unpaired) electrons. The highest BCUT2D eigenvalue weighted by atomic mass is 35.5. The SMILES string of the molecule is C[C@H]1CN(c2ccccc2)c2nc3c(c(=O)n(Cc4ccc(Cl)cc4)c(=O)n3C)n2C1. The van der Waals surface area contributed by atoms with Crippen LogP contribution in [0, 0.1) is 5.92 Å². The Labute approximate surface area is 183 Å². The number of nitrogens with zero attached hydrogens (tertiary/aromatic N) is 5. The van der Waals surface area contributed by atoms with Crippen LogP contribution < -0.4 is 16.1 Å². The van der Waals surface area contributed by atoms with E-state index >= 15 is 0 Å². The van der Waals surface area contributed by atoms with Crippen molar-refractivity contribution in [1.29, 1.82) is 0 Å². The quantitative estimate of drug-likeness (QED) is 0.495. The van der Waals surface area contributed by atoms with Gasteiger partial charge in [0.25, 0.3) is 5.56 Å². The first-order valence-electron chi connectivity index (χ1n) is 10.2. The Morgan fingerprint density at radius 1 is 1.03 bits per heavy atom. The first kappa shape index (κ1) is 19.6. The molecule has 0 unspecified atom stereocenters. The first-order chi connectivity index (χ1) is 14.9. The summed E-state index contributed by atoms with van der Waals surface area (Å²) in [4.78, 5) is 33.4. The average Bonchev–Trinajstić information content (AvgIpc) is 3.16. The van der Waals surface area contributed by atoms with Crippen LogP contribution in [0.1, 0.15) is 12.5 Å². The molecule has 1 atom stereocenters. The third-order valence-electron chi connectivity index (χ3n) is 5.76. The smallest absolute Gasteiger partial charge is 0.312 e. The monoisotopic (exact) mass is 435 g/mol. The maximum Gasteiger partial charge on any atom is 0.332 e. The van der Waals surface area contributed by atoms with E-state index in [0.29, 0.717) is 34.6 Å². The summed E-state index contributed by atoms with van der Waals surface area (Å²) in [7, 11) is 1.66. The molecule has 0 N–H and O–H groups in total. The molecule has 0 amide bonds. The molecule has 0 fully saturated rings. The second-order valence-electron chi connectivity index (χ2n) is 8.11. The zero-order chi connectivity index (χ0) is 21.7. The van der Waals surface area contributed by atoms with Crippen LogP contribution in [0.3, 0.4) is 0 Å². The van der Waals surface area contributed by atoms with Gasteiger partial charge in [-0.3, -0.25) is 13.9 Å². The van der Waals surface area contributed by atoms with Crippen molar-refractivity contribution in [3.8, 4) is 0 Å². The van der Waals surface area contributed by atoms with E-state index in [2.05, 4.69) is 11.8 Å². The second kappa shape index (κ2) is 7.42. The third kappa shape index (κ3) is 3.25. The van der Waals surface area contributed by atoms with Crippen molar-refractivity contribution in [2.45, 2.75) is 20.0 Å². The van der Waals surface area contributed by atoms with Gasteiger partial charge in [-0.1, -0.05) is 48.9 Å². The lowest BCUT2D eigenvalue weighted by Crippen LogP contribution is -2.40. The summed E-state index contributed by atoms with van der Waals surface area (Å²) in [6.45, 7) is 3.79. The average molecular weight is 436 g/mol. The van der Waals surface area contributed by atoms with Gasteiger partial charge in [-0.2, -0.15) is 4.98 Å². The molecule has 1 aliphatic rings. The predicted octanol–water partition coefficient (Wildman–Crippen LogP) is 3.39. The van der Waals surface area contributed by atoms with Crippen LogP contribution >= 0.6 is 11.6 Å². The van der Waals surface area contributed by atoms with Crippen molar-refractivity contribution in [2.24, 2.45) is 13.0 Å². The normalized spacial score (nSPS) is 16.0. The Balaban J connectivity index is 1.72. The second-order valence-corrected chi connectivity index (χ2v) is 8.54. The summed E-state index contributed by atoms with van der Waals surface area (Å²) in [5.41, 5.74) is 2.00. The first-order valence-corrected chi connectivity index (χ1v) is 10.6. The number of fused-ring (bicyclic) bond motifs is 3. The number of benzene rings is 2. The van der Waals surface area contributed by atoms with E-state index in [4.69, 9.17) is 16.6 Å². The number of aryl methyl sites for hydroxylation is 1. The van der Waals surface area contributed by atoms with Crippen LogP contribution in [0.25, 0.3) is 11.2 Å². The Hall–Kier alpha value is -3.32. The highest BCUT2D eigenvalue weighted by Crippen LogP contribution is 2.32. The molecule has 158 valence electrons. The van der Waals surface area contributed by atoms with Crippen LogP contribution in [-0.2, 0) is 20.1 Å². The zero-order valence-corrected chi connectivity index (χ0v) is 18.1. The lowest BCUT2D eigenvalue weighted by atomic mass is 10.1. The number of hydrogen-bond donors (Lipinski definition) is 0. The number of aromatic nitrogens is 4. The van der Waals surface area contributed by atoms with Crippen LogP contribution in [-0.4, -0.2) is 25.2 Å². The molecule has 0 saturated heterocycles. The van der Waals surface area contributed by atoms with Crippen LogP contribution in [0.15, 0.2) is 64.2 Å². The van der Waals surface area contributed by atoms with Gasteiger partial charge in [0, 0.05) is 30.8 Å². The molecule has 4 aromatic rings. The van der Waals surface area contributed by atoms with E-state index < -0.39 is 0 Å². The molecular formula is C23H22ClN5O2. The minimum absolute atomic E-state index is 0.178. The van der Waals surface area contributed by atoms with Crippen molar-refractivity contribution in [2.75, 3.05) is 11.4 Å². The molecular weight excluding hydrogens is 414 g/mol. The molecule has 1 aliphatic heterocycles. The lowest BCUT2D eigenvalue weighted by Gasteiger charge is -2.32. The van der Waals surface area contributed by atoms with Gasteiger partial charge in [0.05, 0.1) is 6.54 Å². The van der Waals surface area contributed by atoms with Gasteiger partial charge >= 0.3 is 5.69 Å². The van der Waals surface area contributed by atoms with E-state index in [9.17, 15) is 9.59 Å². The van der Waals surface area contributed by atoms with Crippen molar-refractivity contribution in [1.82, 2.24) is 18.7 Å². The molecule has 2 aromatic carbocycles. The summed E-state index contributed by atoms with van der Waals surface area (Å²) < 4.78 is 4.69. The number of rotatable bonds is 3. The molecule has 2 aromatic heterocycles. The fourth-order valence-corrected chi connectivity index (χ4v) is 4.37. The maximum atomic E-state index is 13.5. The topological polar surface area (TPSA) is 65.1 Å². The van der Waals surface area contributed by atoms with Crippen molar-refractivity contribution in [3.05, 3.63) is 86.0 Å². The Bertz CT molecular complexity index is 1390. The lowest BCUT2D eigenvalue weighted by molar-refractivity contribution is 0.458. The van der Waals surface area contributed by atoms with Gasteiger partial charge in [0.15, 0.2) is 11.2 Å². The number of anilines is 2. The molecule has 31 heavy (non-hydrogen) atoms. The Morgan fingerprint density at radius 2 is 1.74 bits per heavy atom. The van der Waals surface area contributed by atoms with Gasteiger partial charge in [-0.25, -0.2) is 4.79 Å². The van der Waals surface area contributed by atoms with Gasteiger partial charge in [-0.15, -0.1) is 0 Å². The summed E-state index contributed by atoms with van der Waals surface area (Å²) in [6.07, 6.45) is 0. The van der Waals surface area contributed by atoms with Crippen LogP contribution in [0.5, 0.6) is 0 Å². The van der Waals surface area contributed by atoms with Gasteiger partial charge < -0.3 is 9.47 Å². The standard InChI is InChI=1S/C23H22ClN5O2/c1-15-12-27(18-6-4-3-5-7-18)22-25-20-19(28(22)13-15)21(30)29(23(31)26(20)2)14-16-8-10-17(24)11-9-16/h3-11,15H,12-14H2,1-2H3/t15-/m0/s1. The van der Waals surface area contributed by atoms with Crippen molar-refractivity contribution >= 4 is 34.4 Å². The van der Waals surface area contributed by atoms with Gasteiger partial charge in [-0.05, 0) is 35.7 Å². The van der Waals surface area contributed by atoms with Crippen LogP contribution in [0.2, 0.25) is 5.02 Å². The molecule has 8 heteroatoms. The van der Waals surface area contributed by atoms with Crippen molar-refractivity contribution in [3.63, 3.8) is 0 Å². The van der Waals surface area contributed by atoms with Crippen LogP contribution in [0.4, 0.5) is 11.6 Å². The molecule has 0 aliphatic carbocycles. The molecule has 0 bridgehead atoms. The number of imidazole rings is 1. The Kier molecular flexibility index (Phi) is 4.70. The number of hydrogen-bond acceptors (Lipinski definition) is 4. The highest BCUT2D eigenvalue weighted by molar-refractivity contribution is 6.30. The summed E-state index contributed by atoms with van der Waals surface area (Å²) in [6, 6.07) is 17.1. The molecule has 7 nitrogen and oxygen atoms in total. The molecule has 5 rings (SSSR count). The van der Waals surface area contributed by atoms with E-state index in [1.165, 1.54) is 9.13 Å². The summed E-state index contributed by atoms with van der Waals surface area (Å²) in [5.74, 6) is 1.00. The summed E-state index contributed by atoms with van der Waals surface area (Å²) >= 11 is 5.97. The zero-order valence-electron chi connectivity index (χ0n) is 17.3. The summed E-state index contributed by atoms with van der Waals surface area (Å²) in [5, 5.41) is 0.610. The number of halogens is 1. The van der Waals surface area contributed by atoms with E-state index in [0.717, 1.165) is 17.8 Å². The maximum absolute atomic E-state index is 13.5. The minimum Gasteiger partial charge on any atom is -0.312 e. The minimum atomic E-state index is -0.387. The third-order valence-corrected chi connectivity index (χ3v) is 6.02. The van der Waals surface area contributed by atoms with Crippen molar-refractivity contribution < 1.29 is 0 Å². The molecule has 0 spiro atoms. The Morgan fingerprint density at radius 3 is 2.45 bits per heavy atom.